The van der Waals surface area contributed by atoms with Crippen molar-refractivity contribution < 1.29 is 9.53 Å². The van der Waals surface area contributed by atoms with Gasteiger partial charge in [-0.2, -0.15) is 0 Å². The fourth-order valence-corrected chi connectivity index (χ4v) is 4.42. The highest BCUT2D eigenvalue weighted by molar-refractivity contribution is 6.30. The number of nitrogens with one attached hydrogen (secondary N) is 2. The molecule has 4 rings (SSSR count). The molecule has 3 aliphatic heterocycles. The van der Waals surface area contributed by atoms with Crippen molar-refractivity contribution in [1.29, 1.82) is 0 Å². The van der Waals surface area contributed by atoms with Crippen LogP contribution < -0.4 is 10.6 Å². The summed E-state index contributed by atoms with van der Waals surface area (Å²) in [5.74, 6) is 0.157. The summed E-state index contributed by atoms with van der Waals surface area (Å²) in [6, 6.07) is 8.95. The standard InChI is InChI=1S/C19H26ClN3O2/c1-12-2-7-17(21-12)19(24)22-15-8-16-11-25-18(10-23(16)9-15)13-3-5-14(20)6-4-13/h3-6,12,15-18,21H,2,7-11H2,1H3,(H,22,24)/t12-,15+,16-,17-,18+/m0/s1. The molecule has 0 aromatic heterocycles. The van der Waals surface area contributed by atoms with Crippen molar-refractivity contribution in [1.82, 2.24) is 15.5 Å². The van der Waals surface area contributed by atoms with E-state index in [1.54, 1.807) is 0 Å². The molecule has 5 nitrogen and oxygen atoms in total. The van der Waals surface area contributed by atoms with E-state index in [9.17, 15) is 4.79 Å². The van der Waals surface area contributed by atoms with Crippen molar-refractivity contribution in [2.75, 3.05) is 19.7 Å². The Kier molecular flexibility index (Phi) is 5.00. The van der Waals surface area contributed by atoms with E-state index < -0.39 is 0 Å². The van der Waals surface area contributed by atoms with Crippen LogP contribution in [0.4, 0.5) is 0 Å². The number of fused-ring (bicyclic) bond motifs is 1. The predicted octanol–water partition coefficient (Wildman–Crippen LogP) is 2.11. The van der Waals surface area contributed by atoms with Gasteiger partial charge in [-0.05, 0) is 43.9 Å². The van der Waals surface area contributed by atoms with Gasteiger partial charge in [0.2, 0.25) is 5.91 Å². The van der Waals surface area contributed by atoms with Crippen molar-refractivity contribution in [3.63, 3.8) is 0 Å². The molecule has 0 bridgehead atoms. The summed E-state index contributed by atoms with van der Waals surface area (Å²) >= 11 is 5.97. The Morgan fingerprint density at radius 2 is 2.08 bits per heavy atom. The molecule has 0 spiro atoms. The molecule has 0 unspecified atom stereocenters. The number of hydrogen-bond donors (Lipinski definition) is 2. The minimum absolute atomic E-state index is 0.0225. The van der Waals surface area contributed by atoms with Gasteiger partial charge in [-0.3, -0.25) is 9.69 Å². The van der Waals surface area contributed by atoms with Gasteiger partial charge in [0.1, 0.15) is 0 Å². The molecule has 6 heteroatoms. The number of rotatable bonds is 3. The number of morpholine rings is 1. The third-order valence-electron chi connectivity index (χ3n) is 5.70. The average Bonchev–Trinajstić information content (AvgIpc) is 3.20. The highest BCUT2D eigenvalue weighted by atomic mass is 35.5. The average molecular weight is 364 g/mol. The molecule has 1 aromatic rings. The normalized spacial score (nSPS) is 35.5. The molecule has 25 heavy (non-hydrogen) atoms. The fourth-order valence-electron chi connectivity index (χ4n) is 4.29. The van der Waals surface area contributed by atoms with Crippen LogP contribution in [0.2, 0.25) is 5.02 Å². The number of amides is 1. The monoisotopic (exact) mass is 363 g/mol. The van der Waals surface area contributed by atoms with Crippen LogP contribution in [-0.4, -0.2) is 54.7 Å². The molecule has 5 atom stereocenters. The summed E-state index contributed by atoms with van der Waals surface area (Å²) in [7, 11) is 0. The zero-order valence-corrected chi connectivity index (χ0v) is 15.3. The number of ether oxygens (including phenoxy) is 1. The van der Waals surface area contributed by atoms with E-state index in [1.807, 2.05) is 24.3 Å². The Morgan fingerprint density at radius 3 is 2.80 bits per heavy atom. The quantitative estimate of drug-likeness (QED) is 0.863. The molecule has 0 aliphatic carbocycles. The molecule has 3 aliphatic rings. The second-order valence-corrected chi connectivity index (χ2v) is 8.06. The first-order valence-corrected chi connectivity index (χ1v) is 9.64. The van der Waals surface area contributed by atoms with Crippen LogP contribution in [0.15, 0.2) is 24.3 Å². The maximum absolute atomic E-state index is 12.4. The number of halogens is 1. The molecule has 0 radical (unpaired) electrons. The van der Waals surface area contributed by atoms with Crippen LogP contribution in [0.5, 0.6) is 0 Å². The summed E-state index contributed by atoms with van der Waals surface area (Å²) in [6.07, 6.45) is 3.07. The van der Waals surface area contributed by atoms with Crippen LogP contribution in [0.1, 0.15) is 37.9 Å². The van der Waals surface area contributed by atoms with Gasteiger partial charge in [0.05, 0.1) is 18.8 Å². The molecule has 136 valence electrons. The molecule has 3 heterocycles. The lowest BCUT2D eigenvalue weighted by molar-refractivity contribution is -0.123. The van der Waals surface area contributed by atoms with Gasteiger partial charge < -0.3 is 15.4 Å². The van der Waals surface area contributed by atoms with Crippen LogP contribution in [-0.2, 0) is 9.53 Å². The molecule has 2 N–H and O–H groups in total. The van der Waals surface area contributed by atoms with Crippen molar-refractivity contribution >= 4 is 17.5 Å². The Labute approximate surface area is 154 Å². The summed E-state index contributed by atoms with van der Waals surface area (Å²) in [6.45, 7) is 4.64. The largest absolute Gasteiger partial charge is 0.371 e. The van der Waals surface area contributed by atoms with Crippen LogP contribution in [0.3, 0.4) is 0 Å². The summed E-state index contributed by atoms with van der Waals surface area (Å²) in [4.78, 5) is 14.9. The minimum Gasteiger partial charge on any atom is -0.371 e. The summed E-state index contributed by atoms with van der Waals surface area (Å²) < 4.78 is 6.08. The second-order valence-electron chi connectivity index (χ2n) is 7.62. The SMILES string of the molecule is C[C@H]1CC[C@@H](C(=O)N[C@@H]2C[C@H]3CO[C@@H](c4ccc(Cl)cc4)CN3C2)N1. The Bertz CT molecular complexity index is 624. The molecule has 0 saturated carbocycles. The maximum atomic E-state index is 12.4. The maximum Gasteiger partial charge on any atom is 0.237 e. The first-order valence-electron chi connectivity index (χ1n) is 9.26. The van der Waals surface area contributed by atoms with Gasteiger partial charge in [0.25, 0.3) is 0 Å². The van der Waals surface area contributed by atoms with Gasteiger partial charge >= 0.3 is 0 Å². The Hall–Kier alpha value is -1.14. The van der Waals surface area contributed by atoms with Gasteiger partial charge in [-0.15, -0.1) is 0 Å². The fraction of sp³-hybridized carbons (Fsp3) is 0.632. The van der Waals surface area contributed by atoms with Crippen molar-refractivity contribution in [3.05, 3.63) is 34.9 Å². The summed E-state index contributed by atoms with van der Waals surface area (Å²) in [5, 5.41) is 7.35. The van der Waals surface area contributed by atoms with Crippen molar-refractivity contribution in [2.45, 2.75) is 56.5 Å². The Balaban J connectivity index is 1.32. The lowest BCUT2D eigenvalue weighted by Gasteiger charge is -2.35. The summed E-state index contributed by atoms with van der Waals surface area (Å²) in [5.41, 5.74) is 1.17. The molecule has 3 saturated heterocycles. The second kappa shape index (κ2) is 7.23. The number of carbonyl (C=O) groups excluding carboxylic acids is 1. The highest BCUT2D eigenvalue weighted by Crippen LogP contribution is 2.31. The molecular weight excluding hydrogens is 338 g/mol. The third-order valence-corrected chi connectivity index (χ3v) is 5.95. The van der Waals surface area contributed by atoms with Gasteiger partial charge in [0.15, 0.2) is 0 Å². The first kappa shape index (κ1) is 17.3. The number of benzene rings is 1. The number of nitrogens with zero attached hydrogens (tertiary/aromatic N) is 1. The topological polar surface area (TPSA) is 53.6 Å². The smallest absolute Gasteiger partial charge is 0.237 e. The lowest BCUT2D eigenvalue weighted by atomic mass is 10.1. The first-order chi connectivity index (χ1) is 12.1. The zero-order valence-electron chi connectivity index (χ0n) is 14.6. The van der Waals surface area contributed by atoms with Crippen LogP contribution in [0.25, 0.3) is 0 Å². The third kappa shape index (κ3) is 3.85. The molecule has 3 fully saturated rings. The minimum atomic E-state index is -0.0225. The Morgan fingerprint density at radius 1 is 1.28 bits per heavy atom. The lowest BCUT2D eigenvalue weighted by Crippen LogP contribution is -2.47. The van der Waals surface area contributed by atoms with E-state index in [0.717, 1.165) is 44.0 Å². The van der Waals surface area contributed by atoms with E-state index in [1.165, 1.54) is 5.56 Å². The molecule has 1 aromatic carbocycles. The van der Waals surface area contributed by atoms with Crippen molar-refractivity contribution in [2.24, 2.45) is 0 Å². The van der Waals surface area contributed by atoms with E-state index >= 15 is 0 Å². The number of hydrogen-bond acceptors (Lipinski definition) is 4. The predicted molar refractivity (Wildman–Crippen MR) is 97.7 cm³/mol. The molecular formula is C19H26ClN3O2. The van der Waals surface area contributed by atoms with E-state index in [4.69, 9.17) is 16.3 Å². The van der Waals surface area contributed by atoms with Gasteiger partial charge in [0, 0.05) is 36.2 Å². The van der Waals surface area contributed by atoms with Gasteiger partial charge in [-0.1, -0.05) is 23.7 Å². The van der Waals surface area contributed by atoms with E-state index in [0.29, 0.717) is 12.1 Å². The van der Waals surface area contributed by atoms with Gasteiger partial charge in [-0.25, -0.2) is 0 Å². The van der Waals surface area contributed by atoms with Crippen LogP contribution >= 0.6 is 11.6 Å². The highest BCUT2D eigenvalue weighted by Gasteiger charge is 2.39. The number of carbonyl (C=O) groups is 1. The molecule has 1 amide bonds. The zero-order chi connectivity index (χ0) is 17.4. The van der Waals surface area contributed by atoms with Crippen LogP contribution in [0, 0.1) is 0 Å². The van der Waals surface area contributed by atoms with E-state index in [-0.39, 0.29) is 24.1 Å². The van der Waals surface area contributed by atoms with E-state index in [2.05, 4.69) is 22.5 Å². The van der Waals surface area contributed by atoms with Crippen molar-refractivity contribution in [3.8, 4) is 0 Å².